The Labute approximate surface area is 175 Å². The molecule has 5 heterocycles. The molecule has 1 saturated heterocycles. The van der Waals surface area contributed by atoms with E-state index >= 15 is 0 Å². The van der Waals surface area contributed by atoms with Gasteiger partial charge in [0.05, 0.1) is 31.5 Å². The third kappa shape index (κ3) is 2.96. The third-order valence-corrected chi connectivity index (χ3v) is 6.16. The number of aromatic nitrogens is 5. The molecule has 1 unspecified atom stereocenters. The molecule has 0 aliphatic carbocycles. The van der Waals surface area contributed by atoms with Gasteiger partial charge in [0.25, 0.3) is 0 Å². The number of hydrogen-bond donors (Lipinski definition) is 1. The average Bonchev–Trinajstić information content (AvgIpc) is 3.37. The molecule has 0 spiro atoms. The summed E-state index contributed by atoms with van der Waals surface area (Å²) in [5.74, 6) is 0.984. The third-order valence-electron chi connectivity index (χ3n) is 6.16. The number of rotatable bonds is 4. The number of anilines is 2. The first-order valence-electron chi connectivity index (χ1n) is 10.7. The number of hydrogen-bond acceptors (Lipinski definition) is 6. The minimum atomic E-state index is 0.0911. The van der Waals surface area contributed by atoms with Crippen LogP contribution in [0.25, 0.3) is 22.4 Å². The molecule has 0 radical (unpaired) electrons. The van der Waals surface area contributed by atoms with E-state index < -0.39 is 0 Å². The summed E-state index contributed by atoms with van der Waals surface area (Å²) in [4.78, 5) is 22.4. The van der Waals surface area contributed by atoms with Crippen LogP contribution in [-0.4, -0.2) is 62.7 Å². The molecule has 0 aromatic carbocycles. The molecule has 5 rings (SSSR count). The Hall–Kier alpha value is -2.94. The molecule has 0 bridgehead atoms. The summed E-state index contributed by atoms with van der Waals surface area (Å²) < 4.78 is 7.55. The van der Waals surface area contributed by atoms with E-state index in [1.165, 1.54) is 0 Å². The number of carbonyl (C=O) groups excluding carboxylic acids is 1. The fourth-order valence-corrected chi connectivity index (χ4v) is 4.40. The number of nitrogens with one attached hydrogen (secondary N) is 1. The largest absolute Gasteiger partial charge is 0.377 e. The fraction of sp³-hybridized carbons (Fsp3) is 0.524. The zero-order valence-corrected chi connectivity index (χ0v) is 17.6. The molecule has 1 fully saturated rings. The summed E-state index contributed by atoms with van der Waals surface area (Å²) in [6.45, 7) is 8.98. The van der Waals surface area contributed by atoms with Gasteiger partial charge in [-0.25, -0.2) is 4.98 Å². The normalized spacial score (nSPS) is 20.6. The molecule has 1 N–H and O–H groups in total. The molecule has 30 heavy (non-hydrogen) atoms. The molecule has 9 nitrogen and oxygen atoms in total. The maximum atomic E-state index is 13.1. The van der Waals surface area contributed by atoms with Gasteiger partial charge in [0.1, 0.15) is 28.2 Å². The van der Waals surface area contributed by atoms with Crippen LogP contribution >= 0.6 is 0 Å². The molecule has 0 saturated carbocycles. The first kappa shape index (κ1) is 19.0. The van der Waals surface area contributed by atoms with Crippen LogP contribution in [-0.2, 0) is 16.1 Å². The van der Waals surface area contributed by atoms with Crippen molar-refractivity contribution < 1.29 is 9.53 Å². The summed E-state index contributed by atoms with van der Waals surface area (Å²) in [6.07, 6.45) is 3.08. The van der Waals surface area contributed by atoms with Crippen LogP contribution in [0.5, 0.6) is 0 Å². The number of carbonyl (C=O) groups is 1. The van der Waals surface area contributed by atoms with Crippen LogP contribution in [0.3, 0.4) is 0 Å². The first-order valence-corrected chi connectivity index (χ1v) is 10.7. The Morgan fingerprint density at radius 3 is 2.97 bits per heavy atom. The summed E-state index contributed by atoms with van der Waals surface area (Å²) in [7, 11) is 0. The zero-order valence-electron chi connectivity index (χ0n) is 17.6. The van der Waals surface area contributed by atoms with E-state index in [2.05, 4.69) is 41.9 Å². The predicted molar refractivity (Wildman–Crippen MR) is 115 cm³/mol. The highest BCUT2D eigenvalue weighted by Crippen LogP contribution is 2.38. The minimum absolute atomic E-state index is 0.0911. The quantitative estimate of drug-likeness (QED) is 0.712. The number of nitrogens with zero attached hydrogens (tertiary/aromatic N) is 6. The van der Waals surface area contributed by atoms with Gasteiger partial charge in [0.2, 0.25) is 5.91 Å². The molecule has 2 aliphatic rings. The number of morpholine rings is 1. The van der Waals surface area contributed by atoms with E-state index in [9.17, 15) is 4.79 Å². The second kappa shape index (κ2) is 7.39. The standard InChI is InChI=1S/C21H27N7O2/c1-4-13(2)28-16-11-17(26-9-10-30-12-14(26)3)23-20-19(15-5-7-22-24-15)25-27(21(16)20)8-6-18(28)29/h5,7,11,13-14H,4,6,8-10,12H2,1-3H3,(H,22,24)/t13?,14-/m1/s1. The number of pyridine rings is 1. The van der Waals surface area contributed by atoms with E-state index in [-0.39, 0.29) is 18.0 Å². The molecule has 3 aromatic heterocycles. The van der Waals surface area contributed by atoms with E-state index in [1.54, 1.807) is 6.20 Å². The Bertz CT molecular complexity index is 1070. The first-order chi connectivity index (χ1) is 14.6. The van der Waals surface area contributed by atoms with Gasteiger partial charge in [-0.3, -0.25) is 14.6 Å². The molecule has 1 amide bonds. The van der Waals surface area contributed by atoms with Gasteiger partial charge < -0.3 is 14.5 Å². The second-order valence-corrected chi connectivity index (χ2v) is 8.12. The topological polar surface area (TPSA) is 92.2 Å². The minimum Gasteiger partial charge on any atom is -0.377 e. The van der Waals surface area contributed by atoms with Gasteiger partial charge in [0, 0.05) is 31.3 Å². The van der Waals surface area contributed by atoms with Gasteiger partial charge in [-0.05, 0) is 26.3 Å². The molecular formula is C21H27N7O2. The monoisotopic (exact) mass is 409 g/mol. The lowest BCUT2D eigenvalue weighted by Crippen LogP contribution is -2.44. The van der Waals surface area contributed by atoms with Crippen molar-refractivity contribution in [1.82, 2.24) is 25.0 Å². The number of aryl methyl sites for hydroxylation is 1. The molecule has 2 aliphatic heterocycles. The van der Waals surface area contributed by atoms with Crippen LogP contribution in [0.15, 0.2) is 18.3 Å². The van der Waals surface area contributed by atoms with Crippen LogP contribution in [0, 0.1) is 0 Å². The Morgan fingerprint density at radius 1 is 1.37 bits per heavy atom. The lowest BCUT2D eigenvalue weighted by Gasteiger charge is -2.35. The van der Waals surface area contributed by atoms with Crippen molar-refractivity contribution in [3.8, 4) is 11.4 Å². The Balaban J connectivity index is 1.78. The van der Waals surface area contributed by atoms with Gasteiger partial charge in [-0.15, -0.1) is 0 Å². The smallest absolute Gasteiger partial charge is 0.229 e. The average molecular weight is 409 g/mol. The van der Waals surface area contributed by atoms with E-state index in [4.69, 9.17) is 14.8 Å². The lowest BCUT2D eigenvalue weighted by atomic mass is 10.1. The second-order valence-electron chi connectivity index (χ2n) is 8.12. The molecule has 9 heteroatoms. The summed E-state index contributed by atoms with van der Waals surface area (Å²) in [5, 5.41) is 12.0. The highest BCUT2D eigenvalue weighted by Gasteiger charge is 2.32. The highest BCUT2D eigenvalue weighted by atomic mass is 16.5. The van der Waals surface area contributed by atoms with Crippen molar-refractivity contribution in [3.05, 3.63) is 18.3 Å². The van der Waals surface area contributed by atoms with Crippen LogP contribution < -0.4 is 9.80 Å². The van der Waals surface area contributed by atoms with Crippen LogP contribution in [0.2, 0.25) is 0 Å². The molecule has 3 aromatic rings. The van der Waals surface area contributed by atoms with Gasteiger partial charge in [0.15, 0.2) is 0 Å². The fourth-order valence-electron chi connectivity index (χ4n) is 4.40. The van der Waals surface area contributed by atoms with E-state index in [1.807, 2.05) is 15.6 Å². The van der Waals surface area contributed by atoms with Crippen molar-refractivity contribution in [2.45, 2.75) is 52.2 Å². The van der Waals surface area contributed by atoms with Crippen LogP contribution in [0.1, 0.15) is 33.6 Å². The Morgan fingerprint density at radius 2 is 2.23 bits per heavy atom. The van der Waals surface area contributed by atoms with Crippen molar-refractivity contribution >= 4 is 28.4 Å². The van der Waals surface area contributed by atoms with Crippen molar-refractivity contribution in [1.29, 1.82) is 0 Å². The van der Waals surface area contributed by atoms with Crippen LogP contribution in [0.4, 0.5) is 11.5 Å². The van der Waals surface area contributed by atoms with E-state index in [0.717, 1.165) is 46.9 Å². The zero-order chi connectivity index (χ0) is 20.8. The number of ether oxygens (including phenoxy) is 1. The van der Waals surface area contributed by atoms with Crippen molar-refractivity contribution in [3.63, 3.8) is 0 Å². The summed E-state index contributed by atoms with van der Waals surface area (Å²) in [5.41, 5.74) is 4.08. The highest BCUT2D eigenvalue weighted by molar-refractivity contribution is 6.06. The number of H-pyrrole nitrogens is 1. The maximum Gasteiger partial charge on any atom is 0.229 e. The molecule has 2 atom stereocenters. The molecule has 158 valence electrons. The molecular weight excluding hydrogens is 382 g/mol. The van der Waals surface area contributed by atoms with E-state index in [0.29, 0.717) is 26.2 Å². The lowest BCUT2D eigenvalue weighted by molar-refractivity contribution is -0.119. The van der Waals surface area contributed by atoms with Crippen molar-refractivity contribution in [2.24, 2.45) is 0 Å². The van der Waals surface area contributed by atoms with Gasteiger partial charge in [-0.2, -0.15) is 10.2 Å². The number of aromatic amines is 1. The SMILES string of the molecule is CCC(C)N1C(=O)CCn2nc(-c3cc[nH]n3)c3nc(N4CCOC[C@H]4C)cc1c32. The maximum absolute atomic E-state index is 13.1. The van der Waals surface area contributed by atoms with Gasteiger partial charge >= 0.3 is 0 Å². The van der Waals surface area contributed by atoms with Crippen molar-refractivity contribution in [2.75, 3.05) is 29.6 Å². The summed E-state index contributed by atoms with van der Waals surface area (Å²) in [6, 6.07) is 4.26. The predicted octanol–water partition coefficient (Wildman–Crippen LogP) is 2.58. The van der Waals surface area contributed by atoms with Gasteiger partial charge in [-0.1, -0.05) is 6.92 Å². The Kier molecular flexibility index (Phi) is 4.69. The summed E-state index contributed by atoms with van der Waals surface area (Å²) >= 11 is 0. The number of amides is 1.